The number of hydrogen-bond donors (Lipinski definition) is 0. The maximum absolute atomic E-state index is 5.89. The van der Waals surface area contributed by atoms with Crippen LogP contribution < -0.4 is 4.74 Å². The Hall–Kier alpha value is -1.10. The summed E-state index contributed by atoms with van der Waals surface area (Å²) in [4.78, 5) is 0. The van der Waals surface area contributed by atoms with E-state index in [1.165, 1.54) is 50.5 Å². The Balaban J connectivity index is 2.12. The zero-order valence-corrected chi connectivity index (χ0v) is 20.7. The summed E-state index contributed by atoms with van der Waals surface area (Å²) in [7, 11) is 0. The molecule has 0 heterocycles. The molecule has 4 nitrogen and oxygen atoms in total. The summed E-state index contributed by atoms with van der Waals surface area (Å²) >= 11 is 0. The summed E-state index contributed by atoms with van der Waals surface area (Å²) in [6, 6.07) is 8.52. The molecule has 3 atom stereocenters. The molecule has 0 spiro atoms. The fraction of sp³-hybridized carbons (Fsp3) is 0.741. The number of unbranched alkanes of at least 4 members (excludes halogenated alkanes) is 6. The topological polar surface area (TPSA) is 36.9 Å². The molecule has 0 aliphatic rings. The van der Waals surface area contributed by atoms with Crippen molar-refractivity contribution < 1.29 is 18.9 Å². The Kier molecular flexibility index (Phi) is 16.6. The van der Waals surface area contributed by atoms with E-state index in [1.54, 1.807) is 0 Å². The maximum Gasteiger partial charge on any atom is 0.119 e. The highest BCUT2D eigenvalue weighted by atomic mass is 16.6. The maximum atomic E-state index is 5.89. The molecule has 0 bridgehead atoms. The summed E-state index contributed by atoms with van der Waals surface area (Å²) in [6.07, 6.45) is 12.8. The predicted octanol–water partition coefficient (Wildman–Crippen LogP) is 6.80. The fourth-order valence-corrected chi connectivity index (χ4v) is 3.26. The molecule has 0 amide bonds. The van der Waals surface area contributed by atoms with Crippen molar-refractivity contribution >= 4 is 0 Å². The first-order valence-corrected chi connectivity index (χ1v) is 12.4. The monoisotopic (exact) mass is 435 g/mol. The highest BCUT2D eigenvalue weighted by molar-refractivity contribution is 5.27. The lowest BCUT2D eigenvalue weighted by Crippen LogP contribution is -2.27. The number of aryl methyl sites for hydroxylation is 1. The first kappa shape index (κ1) is 27.9. The molecule has 0 aliphatic carbocycles. The molecular formula is C27H47O4. The Morgan fingerprint density at radius 1 is 0.710 bits per heavy atom. The molecule has 3 unspecified atom stereocenters. The van der Waals surface area contributed by atoms with Gasteiger partial charge in [-0.05, 0) is 57.7 Å². The van der Waals surface area contributed by atoms with Crippen LogP contribution >= 0.6 is 0 Å². The second-order valence-corrected chi connectivity index (χ2v) is 8.67. The van der Waals surface area contributed by atoms with Crippen molar-refractivity contribution in [3.8, 4) is 5.75 Å². The molecule has 0 aromatic heterocycles. The molecule has 0 aliphatic heterocycles. The summed E-state index contributed by atoms with van der Waals surface area (Å²) < 4.78 is 23.1. The van der Waals surface area contributed by atoms with Crippen LogP contribution in [-0.2, 0) is 20.6 Å². The third-order valence-corrected chi connectivity index (χ3v) is 5.26. The van der Waals surface area contributed by atoms with Crippen LogP contribution in [0.4, 0.5) is 0 Å². The SMILES string of the molecule is C[CH]COC(C)COC(C)COC(C)COc1ccc(CCCCCCCCC)cc1. The molecule has 0 fully saturated rings. The Labute approximate surface area is 192 Å². The third kappa shape index (κ3) is 15.4. The van der Waals surface area contributed by atoms with Gasteiger partial charge in [0, 0.05) is 6.61 Å². The molecule has 179 valence electrons. The van der Waals surface area contributed by atoms with E-state index in [-0.39, 0.29) is 18.3 Å². The summed E-state index contributed by atoms with van der Waals surface area (Å²) in [6.45, 7) is 12.7. The number of hydrogen-bond acceptors (Lipinski definition) is 4. The summed E-state index contributed by atoms with van der Waals surface area (Å²) in [5.41, 5.74) is 1.39. The molecule has 31 heavy (non-hydrogen) atoms. The minimum atomic E-state index is 0.0156. The van der Waals surface area contributed by atoms with Crippen LogP contribution in [0.5, 0.6) is 5.75 Å². The van der Waals surface area contributed by atoms with Gasteiger partial charge < -0.3 is 18.9 Å². The van der Waals surface area contributed by atoms with Crippen molar-refractivity contribution in [2.24, 2.45) is 0 Å². The van der Waals surface area contributed by atoms with E-state index in [9.17, 15) is 0 Å². The molecule has 0 N–H and O–H groups in total. The van der Waals surface area contributed by atoms with Gasteiger partial charge in [0.2, 0.25) is 0 Å². The van der Waals surface area contributed by atoms with Gasteiger partial charge in [-0.25, -0.2) is 0 Å². The van der Waals surface area contributed by atoms with Gasteiger partial charge in [-0.3, -0.25) is 0 Å². The van der Waals surface area contributed by atoms with Gasteiger partial charge in [0.1, 0.15) is 12.4 Å². The number of ether oxygens (including phenoxy) is 4. The van der Waals surface area contributed by atoms with Crippen LogP contribution in [0, 0.1) is 6.42 Å². The lowest BCUT2D eigenvalue weighted by atomic mass is 10.0. The van der Waals surface area contributed by atoms with Gasteiger partial charge in [0.15, 0.2) is 0 Å². The van der Waals surface area contributed by atoms with Crippen LogP contribution in [0.2, 0.25) is 0 Å². The molecule has 0 saturated carbocycles. The van der Waals surface area contributed by atoms with Gasteiger partial charge in [0.25, 0.3) is 0 Å². The van der Waals surface area contributed by atoms with E-state index in [4.69, 9.17) is 18.9 Å². The van der Waals surface area contributed by atoms with Gasteiger partial charge in [-0.2, -0.15) is 0 Å². The molecule has 0 saturated heterocycles. The quantitative estimate of drug-likeness (QED) is 0.211. The third-order valence-electron chi connectivity index (χ3n) is 5.26. The average Bonchev–Trinajstić information content (AvgIpc) is 2.78. The summed E-state index contributed by atoms with van der Waals surface area (Å²) in [5.74, 6) is 0.904. The van der Waals surface area contributed by atoms with E-state index < -0.39 is 0 Å². The minimum absolute atomic E-state index is 0.0156. The molecule has 1 rings (SSSR count). The van der Waals surface area contributed by atoms with Crippen LogP contribution in [0.1, 0.15) is 85.1 Å². The van der Waals surface area contributed by atoms with Crippen LogP contribution in [0.15, 0.2) is 24.3 Å². The minimum Gasteiger partial charge on any atom is -0.491 e. The smallest absolute Gasteiger partial charge is 0.119 e. The predicted molar refractivity (Wildman–Crippen MR) is 130 cm³/mol. The van der Waals surface area contributed by atoms with Crippen molar-refractivity contribution in [3.05, 3.63) is 36.2 Å². The van der Waals surface area contributed by atoms with Crippen molar-refractivity contribution in [1.29, 1.82) is 0 Å². The molecule has 1 aromatic rings. The van der Waals surface area contributed by atoms with E-state index in [0.29, 0.717) is 26.4 Å². The fourth-order valence-electron chi connectivity index (χ4n) is 3.26. The van der Waals surface area contributed by atoms with Gasteiger partial charge in [0.05, 0.1) is 31.5 Å². The molecular weight excluding hydrogens is 388 g/mol. The van der Waals surface area contributed by atoms with Gasteiger partial charge in [-0.15, -0.1) is 0 Å². The Morgan fingerprint density at radius 3 is 1.87 bits per heavy atom. The van der Waals surface area contributed by atoms with Crippen molar-refractivity contribution in [1.82, 2.24) is 0 Å². The van der Waals surface area contributed by atoms with Crippen molar-refractivity contribution in [2.45, 2.75) is 104 Å². The van der Waals surface area contributed by atoms with Crippen LogP contribution in [0.25, 0.3) is 0 Å². The summed E-state index contributed by atoms with van der Waals surface area (Å²) in [5, 5.41) is 0. The van der Waals surface area contributed by atoms with Crippen LogP contribution in [0.3, 0.4) is 0 Å². The molecule has 4 heteroatoms. The largest absolute Gasteiger partial charge is 0.491 e. The van der Waals surface area contributed by atoms with E-state index in [0.717, 1.165) is 12.2 Å². The van der Waals surface area contributed by atoms with E-state index in [1.807, 2.05) is 34.1 Å². The van der Waals surface area contributed by atoms with Gasteiger partial charge in [-0.1, -0.05) is 64.5 Å². The second kappa shape index (κ2) is 18.5. The first-order chi connectivity index (χ1) is 15.0. The number of benzene rings is 1. The number of rotatable bonds is 20. The molecule has 1 aromatic carbocycles. The van der Waals surface area contributed by atoms with Crippen molar-refractivity contribution in [3.63, 3.8) is 0 Å². The Morgan fingerprint density at radius 2 is 1.26 bits per heavy atom. The highest BCUT2D eigenvalue weighted by Crippen LogP contribution is 2.16. The highest BCUT2D eigenvalue weighted by Gasteiger charge is 2.10. The van der Waals surface area contributed by atoms with Gasteiger partial charge >= 0.3 is 0 Å². The zero-order chi connectivity index (χ0) is 22.7. The zero-order valence-electron chi connectivity index (χ0n) is 20.7. The standard InChI is InChI=1S/C27H47O4/c1-6-8-9-10-11-12-13-14-26-15-17-27(18-16-26)31-22-25(5)30-21-24(4)29-20-23(3)28-19-7-2/h7,15-18,23-25H,6,8-14,19-22H2,1-5H3. The normalized spacial score (nSPS) is 14.4. The van der Waals surface area contributed by atoms with E-state index >= 15 is 0 Å². The second-order valence-electron chi connectivity index (χ2n) is 8.67. The Bertz CT molecular complexity index is 516. The lowest BCUT2D eigenvalue weighted by Gasteiger charge is -2.20. The van der Waals surface area contributed by atoms with Crippen molar-refractivity contribution in [2.75, 3.05) is 26.4 Å². The average molecular weight is 436 g/mol. The first-order valence-electron chi connectivity index (χ1n) is 12.4. The van der Waals surface area contributed by atoms with Crippen LogP contribution in [-0.4, -0.2) is 44.7 Å². The van der Waals surface area contributed by atoms with E-state index in [2.05, 4.69) is 31.2 Å². The lowest BCUT2D eigenvalue weighted by molar-refractivity contribution is -0.0705. The molecule has 1 radical (unpaired) electrons.